The highest BCUT2D eigenvalue weighted by molar-refractivity contribution is 5.78. The average molecular weight is 253 g/mol. The van der Waals surface area contributed by atoms with Crippen molar-refractivity contribution in [2.24, 2.45) is 5.92 Å². The molecule has 1 amide bonds. The van der Waals surface area contributed by atoms with E-state index >= 15 is 0 Å². The zero-order valence-corrected chi connectivity index (χ0v) is 11.8. The van der Waals surface area contributed by atoms with Gasteiger partial charge in [-0.25, -0.2) is 0 Å². The summed E-state index contributed by atoms with van der Waals surface area (Å²) in [6.45, 7) is 11.0. The third-order valence-electron chi connectivity index (χ3n) is 4.07. The summed E-state index contributed by atoms with van der Waals surface area (Å²) in [7, 11) is 0. The molecular formula is C14H27N3O. The number of piperazine rings is 1. The maximum atomic E-state index is 11.6. The molecule has 0 aromatic rings. The Hall–Kier alpha value is -0.610. The molecule has 0 spiro atoms. The standard InChI is InChI=1S/C14H27N3O/c1-3-6-15-9-12(2)10-16-7-8-17-13(11-16)4-5-14(17)18/h12-13,15H,3-11H2,1-2H3. The van der Waals surface area contributed by atoms with Crippen LogP contribution in [0.25, 0.3) is 0 Å². The average Bonchev–Trinajstić information content (AvgIpc) is 2.71. The minimum atomic E-state index is 0.373. The number of rotatable bonds is 6. The maximum absolute atomic E-state index is 11.6. The van der Waals surface area contributed by atoms with Gasteiger partial charge in [0.25, 0.3) is 0 Å². The van der Waals surface area contributed by atoms with Crippen LogP contribution in [0.15, 0.2) is 0 Å². The van der Waals surface area contributed by atoms with Crippen LogP contribution >= 0.6 is 0 Å². The van der Waals surface area contributed by atoms with E-state index in [0.717, 1.165) is 52.1 Å². The molecule has 2 saturated heterocycles. The van der Waals surface area contributed by atoms with Gasteiger partial charge in [0.1, 0.15) is 0 Å². The summed E-state index contributed by atoms with van der Waals surface area (Å²) >= 11 is 0. The Morgan fingerprint density at radius 1 is 1.44 bits per heavy atom. The van der Waals surface area contributed by atoms with Gasteiger partial charge >= 0.3 is 0 Å². The van der Waals surface area contributed by atoms with Crippen molar-refractivity contribution in [3.05, 3.63) is 0 Å². The molecule has 0 bridgehead atoms. The van der Waals surface area contributed by atoms with E-state index in [-0.39, 0.29) is 0 Å². The Balaban J connectivity index is 1.70. The lowest BCUT2D eigenvalue weighted by Crippen LogP contribution is -2.52. The summed E-state index contributed by atoms with van der Waals surface area (Å²) in [5, 5.41) is 3.49. The Morgan fingerprint density at radius 3 is 3.06 bits per heavy atom. The fourth-order valence-corrected chi connectivity index (χ4v) is 3.13. The first-order chi connectivity index (χ1) is 8.70. The number of hydrogen-bond donors (Lipinski definition) is 1. The highest BCUT2D eigenvalue weighted by atomic mass is 16.2. The molecule has 2 unspecified atom stereocenters. The van der Waals surface area contributed by atoms with Crippen molar-refractivity contribution in [2.45, 2.75) is 39.2 Å². The van der Waals surface area contributed by atoms with Gasteiger partial charge in [-0.15, -0.1) is 0 Å². The summed E-state index contributed by atoms with van der Waals surface area (Å²) < 4.78 is 0. The molecule has 4 heteroatoms. The molecule has 104 valence electrons. The predicted octanol–water partition coefficient (Wildman–Crippen LogP) is 0.929. The number of nitrogens with one attached hydrogen (secondary N) is 1. The molecule has 2 heterocycles. The van der Waals surface area contributed by atoms with Crippen LogP contribution in [0.2, 0.25) is 0 Å². The lowest BCUT2D eigenvalue weighted by molar-refractivity contribution is -0.130. The van der Waals surface area contributed by atoms with Gasteiger partial charge in [-0.3, -0.25) is 9.69 Å². The molecule has 0 saturated carbocycles. The van der Waals surface area contributed by atoms with Crippen LogP contribution < -0.4 is 5.32 Å². The highest BCUT2D eigenvalue weighted by Crippen LogP contribution is 2.23. The second-order valence-electron chi connectivity index (χ2n) is 5.85. The molecule has 2 aliphatic rings. The lowest BCUT2D eigenvalue weighted by Gasteiger charge is -2.38. The largest absolute Gasteiger partial charge is 0.337 e. The van der Waals surface area contributed by atoms with Crippen LogP contribution in [-0.2, 0) is 4.79 Å². The summed E-state index contributed by atoms with van der Waals surface area (Å²) in [5.74, 6) is 1.07. The lowest BCUT2D eigenvalue weighted by atomic mass is 10.1. The van der Waals surface area contributed by atoms with Crippen LogP contribution in [0.1, 0.15) is 33.1 Å². The summed E-state index contributed by atoms with van der Waals surface area (Å²) in [4.78, 5) is 16.2. The molecular weight excluding hydrogens is 226 g/mol. The van der Waals surface area contributed by atoms with Gasteiger partial charge < -0.3 is 10.2 Å². The third kappa shape index (κ3) is 3.45. The van der Waals surface area contributed by atoms with Crippen molar-refractivity contribution in [2.75, 3.05) is 39.3 Å². The molecule has 0 aromatic carbocycles. The van der Waals surface area contributed by atoms with E-state index in [0.29, 0.717) is 17.9 Å². The molecule has 2 rings (SSSR count). The van der Waals surface area contributed by atoms with E-state index < -0.39 is 0 Å². The normalized spacial score (nSPS) is 26.4. The third-order valence-corrected chi connectivity index (χ3v) is 4.07. The zero-order chi connectivity index (χ0) is 13.0. The van der Waals surface area contributed by atoms with E-state index in [1.54, 1.807) is 0 Å². The summed E-state index contributed by atoms with van der Waals surface area (Å²) in [6, 6.07) is 0.502. The molecule has 18 heavy (non-hydrogen) atoms. The van der Waals surface area contributed by atoms with Gasteiger partial charge in [0.15, 0.2) is 0 Å². The van der Waals surface area contributed by atoms with Crippen molar-refractivity contribution < 1.29 is 4.79 Å². The number of nitrogens with zero attached hydrogens (tertiary/aromatic N) is 2. The van der Waals surface area contributed by atoms with Gasteiger partial charge in [-0.05, 0) is 31.8 Å². The number of carbonyl (C=O) groups excluding carboxylic acids is 1. The molecule has 2 atom stereocenters. The van der Waals surface area contributed by atoms with Gasteiger partial charge in [0.2, 0.25) is 5.91 Å². The van der Waals surface area contributed by atoms with Crippen LogP contribution in [0.5, 0.6) is 0 Å². The minimum absolute atomic E-state index is 0.373. The quantitative estimate of drug-likeness (QED) is 0.715. The minimum Gasteiger partial charge on any atom is -0.337 e. The molecule has 0 aromatic heterocycles. The van der Waals surface area contributed by atoms with Gasteiger partial charge in [0, 0.05) is 38.6 Å². The SMILES string of the molecule is CCCNCC(C)CN1CCN2C(=O)CCC2C1. The van der Waals surface area contributed by atoms with Crippen LogP contribution in [-0.4, -0.2) is 61.0 Å². The van der Waals surface area contributed by atoms with Crippen molar-refractivity contribution in [3.63, 3.8) is 0 Å². The van der Waals surface area contributed by atoms with Gasteiger partial charge in [0.05, 0.1) is 0 Å². The van der Waals surface area contributed by atoms with Gasteiger partial charge in [-0.2, -0.15) is 0 Å². The first kappa shape index (κ1) is 13.8. The number of hydrogen-bond acceptors (Lipinski definition) is 3. The van der Waals surface area contributed by atoms with Crippen molar-refractivity contribution in [1.82, 2.24) is 15.1 Å². The molecule has 2 fully saturated rings. The number of carbonyl (C=O) groups is 1. The first-order valence-electron chi connectivity index (χ1n) is 7.43. The Labute approximate surface area is 111 Å². The highest BCUT2D eigenvalue weighted by Gasteiger charge is 2.35. The van der Waals surface area contributed by atoms with Crippen LogP contribution in [0, 0.1) is 5.92 Å². The fraction of sp³-hybridized carbons (Fsp3) is 0.929. The monoisotopic (exact) mass is 253 g/mol. The summed E-state index contributed by atoms with van der Waals surface area (Å²) in [5.41, 5.74) is 0. The van der Waals surface area contributed by atoms with E-state index in [9.17, 15) is 4.79 Å². The second kappa shape index (κ2) is 6.53. The molecule has 0 radical (unpaired) electrons. The molecule has 4 nitrogen and oxygen atoms in total. The van der Waals surface area contributed by atoms with E-state index in [1.807, 2.05) is 0 Å². The van der Waals surface area contributed by atoms with E-state index in [4.69, 9.17) is 0 Å². The number of amides is 1. The van der Waals surface area contributed by atoms with Crippen molar-refractivity contribution >= 4 is 5.91 Å². The summed E-state index contributed by atoms with van der Waals surface area (Å²) in [6.07, 6.45) is 3.04. The number of fused-ring (bicyclic) bond motifs is 1. The fourth-order valence-electron chi connectivity index (χ4n) is 3.13. The first-order valence-corrected chi connectivity index (χ1v) is 7.43. The van der Waals surface area contributed by atoms with E-state index in [1.165, 1.54) is 6.42 Å². The topological polar surface area (TPSA) is 35.6 Å². The Bertz CT molecular complexity index is 282. The predicted molar refractivity (Wildman–Crippen MR) is 73.5 cm³/mol. The van der Waals surface area contributed by atoms with Crippen LogP contribution in [0.3, 0.4) is 0 Å². The molecule has 2 aliphatic heterocycles. The van der Waals surface area contributed by atoms with Crippen molar-refractivity contribution in [3.8, 4) is 0 Å². The van der Waals surface area contributed by atoms with E-state index in [2.05, 4.69) is 29.0 Å². The zero-order valence-electron chi connectivity index (χ0n) is 11.8. The Kier molecular flexibility index (Phi) is 5.01. The van der Waals surface area contributed by atoms with Gasteiger partial charge in [-0.1, -0.05) is 13.8 Å². The maximum Gasteiger partial charge on any atom is 0.222 e. The Morgan fingerprint density at radius 2 is 2.28 bits per heavy atom. The molecule has 0 aliphatic carbocycles. The molecule has 1 N–H and O–H groups in total. The van der Waals surface area contributed by atoms with Crippen LogP contribution in [0.4, 0.5) is 0 Å². The smallest absolute Gasteiger partial charge is 0.222 e. The van der Waals surface area contributed by atoms with Crippen molar-refractivity contribution in [1.29, 1.82) is 0 Å². The second-order valence-corrected chi connectivity index (χ2v) is 5.85.